The highest BCUT2D eigenvalue weighted by atomic mass is 32.2. The predicted molar refractivity (Wildman–Crippen MR) is 123 cm³/mol. The Morgan fingerprint density at radius 1 is 1.23 bits per heavy atom. The zero-order chi connectivity index (χ0) is 22.5. The molecule has 0 spiro atoms. The number of thioether (sulfide) groups is 1. The first-order valence-electron chi connectivity index (χ1n) is 10.5. The van der Waals surface area contributed by atoms with Crippen molar-refractivity contribution in [2.24, 2.45) is 4.99 Å². The molecule has 1 atom stereocenters. The van der Waals surface area contributed by atoms with Crippen LogP contribution in [0.1, 0.15) is 45.7 Å². The lowest BCUT2D eigenvalue weighted by Gasteiger charge is -2.36. The predicted octanol–water partition coefficient (Wildman–Crippen LogP) is 4.09. The number of rotatable bonds is 8. The molecule has 1 unspecified atom stereocenters. The first-order valence-corrected chi connectivity index (χ1v) is 11.4. The Morgan fingerprint density at radius 2 is 1.97 bits per heavy atom. The zero-order valence-corrected chi connectivity index (χ0v) is 19.5. The van der Waals surface area contributed by atoms with Crippen molar-refractivity contribution in [2.75, 3.05) is 26.8 Å². The molecule has 1 amide bonds. The molecule has 1 aromatic rings. The molecule has 0 radical (unpaired) electrons. The van der Waals surface area contributed by atoms with Gasteiger partial charge >= 0.3 is 5.97 Å². The van der Waals surface area contributed by atoms with Crippen LogP contribution < -0.4 is 4.74 Å². The minimum Gasteiger partial charge on any atom is -0.497 e. The molecule has 3 rings (SSSR count). The summed E-state index contributed by atoms with van der Waals surface area (Å²) in [6.45, 7) is 9.13. The van der Waals surface area contributed by atoms with Crippen molar-refractivity contribution in [3.8, 4) is 5.75 Å². The zero-order valence-electron chi connectivity index (χ0n) is 18.7. The van der Waals surface area contributed by atoms with E-state index in [9.17, 15) is 9.59 Å². The topological polar surface area (TPSA) is 71.4 Å². The van der Waals surface area contributed by atoms with Crippen LogP contribution in [0.2, 0.25) is 0 Å². The van der Waals surface area contributed by atoms with Crippen LogP contribution >= 0.6 is 11.8 Å². The monoisotopic (exact) mass is 443 g/mol. The highest BCUT2D eigenvalue weighted by Gasteiger charge is 2.41. The molecule has 8 heteroatoms. The Labute approximate surface area is 187 Å². The molecule has 0 N–H and O–H groups in total. The van der Waals surface area contributed by atoms with Gasteiger partial charge in [0.25, 0.3) is 0 Å². The molecule has 0 bridgehead atoms. The molecule has 7 nitrogen and oxygen atoms in total. The fourth-order valence-electron chi connectivity index (χ4n) is 3.81. The third-order valence-electron chi connectivity index (χ3n) is 5.35. The van der Waals surface area contributed by atoms with Crippen LogP contribution in [-0.4, -0.2) is 53.7 Å². The number of ether oxygens (including phenoxy) is 2. The molecule has 0 fully saturated rings. The number of allylic oxidation sites excluding steroid dienone is 1. The van der Waals surface area contributed by atoms with E-state index in [0.29, 0.717) is 30.1 Å². The van der Waals surface area contributed by atoms with E-state index in [2.05, 4.69) is 4.99 Å². The van der Waals surface area contributed by atoms with E-state index in [1.165, 1.54) is 11.8 Å². The summed E-state index contributed by atoms with van der Waals surface area (Å²) in [6.07, 6.45) is 0.239. The molecule has 2 aliphatic heterocycles. The Bertz CT molecular complexity index is 950. The van der Waals surface area contributed by atoms with Gasteiger partial charge in [0.15, 0.2) is 5.17 Å². The molecule has 1 aromatic carbocycles. The van der Waals surface area contributed by atoms with Crippen molar-refractivity contribution in [1.29, 1.82) is 0 Å². The largest absolute Gasteiger partial charge is 0.497 e. The van der Waals surface area contributed by atoms with Crippen LogP contribution in [0.5, 0.6) is 5.75 Å². The molecule has 2 aliphatic rings. The molecule has 166 valence electrons. The highest BCUT2D eigenvalue weighted by Crippen LogP contribution is 2.45. The standard InChI is InChI=1S/C23H29N3O4S/c1-6-25(7-2)19(27)13-17-14-31-23-24-15(4)20(22(28)30-8-3)21(26(17)23)16-10-9-11-18(12-16)29-5/h9-12,14,21H,6-8,13H2,1-5H3. The fourth-order valence-corrected chi connectivity index (χ4v) is 4.77. The number of carbonyl (C=O) groups is 2. The van der Waals surface area contributed by atoms with Crippen LogP contribution in [0, 0.1) is 0 Å². The third kappa shape index (κ3) is 4.63. The Hall–Kier alpha value is -2.74. The lowest BCUT2D eigenvalue weighted by Crippen LogP contribution is -2.38. The van der Waals surface area contributed by atoms with Crippen molar-refractivity contribution in [3.63, 3.8) is 0 Å². The second-order valence-corrected chi connectivity index (χ2v) is 7.97. The fraction of sp³-hybridized carbons (Fsp3) is 0.435. The normalized spacial score (nSPS) is 17.7. The second-order valence-electron chi connectivity index (χ2n) is 7.13. The first-order chi connectivity index (χ1) is 14.9. The number of hydrogen-bond acceptors (Lipinski definition) is 7. The number of aliphatic imine (C=N–C) groups is 1. The van der Waals surface area contributed by atoms with Crippen LogP contribution in [0.15, 0.2) is 51.6 Å². The average molecular weight is 444 g/mol. The van der Waals surface area contributed by atoms with Gasteiger partial charge < -0.3 is 19.3 Å². The molecule has 2 heterocycles. The minimum absolute atomic E-state index is 0.0476. The van der Waals surface area contributed by atoms with E-state index < -0.39 is 12.0 Å². The number of esters is 1. The highest BCUT2D eigenvalue weighted by molar-refractivity contribution is 8.16. The number of nitrogens with zero attached hydrogens (tertiary/aromatic N) is 3. The number of fused-ring (bicyclic) bond motifs is 1. The van der Waals surface area contributed by atoms with Crippen molar-refractivity contribution < 1.29 is 19.1 Å². The Morgan fingerprint density at radius 3 is 2.61 bits per heavy atom. The minimum atomic E-state index is -0.451. The van der Waals surface area contributed by atoms with Gasteiger partial charge in [-0.25, -0.2) is 9.79 Å². The van der Waals surface area contributed by atoms with E-state index in [0.717, 1.165) is 16.4 Å². The van der Waals surface area contributed by atoms with Crippen LogP contribution in [-0.2, 0) is 14.3 Å². The SMILES string of the molecule is CCOC(=O)C1=C(C)N=C2SC=C(CC(=O)N(CC)CC)N2C1c1cccc(OC)c1. The number of carbonyl (C=O) groups excluding carboxylic acids is 2. The number of amides is 1. The summed E-state index contributed by atoms with van der Waals surface area (Å²) >= 11 is 1.47. The number of amidine groups is 1. The summed E-state index contributed by atoms with van der Waals surface area (Å²) < 4.78 is 10.8. The van der Waals surface area contributed by atoms with Gasteiger partial charge in [0.2, 0.25) is 5.91 Å². The molecular weight excluding hydrogens is 414 g/mol. The van der Waals surface area contributed by atoms with Crippen molar-refractivity contribution in [2.45, 2.75) is 40.2 Å². The van der Waals surface area contributed by atoms with Crippen LogP contribution in [0.25, 0.3) is 0 Å². The van der Waals surface area contributed by atoms with Gasteiger partial charge in [0.1, 0.15) is 5.75 Å². The van der Waals surface area contributed by atoms with E-state index in [1.54, 1.807) is 18.9 Å². The Kier molecular flexibility index (Phi) is 7.43. The van der Waals surface area contributed by atoms with Gasteiger partial charge in [0.05, 0.1) is 37.4 Å². The van der Waals surface area contributed by atoms with Gasteiger partial charge in [-0.15, -0.1) is 0 Å². The average Bonchev–Trinajstić information content (AvgIpc) is 3.15. The lowest BCUT2D eigenvalue weighted by molar-refractivity contribution is -0.139. The van der Waals surface area contributed by atoms with Gasteiger partial charge in [-0.05, 0) is 50.8 Å². The molecular formula is C23H29N3O4S. The lowest BCUT2D eigenvalue weighted by atomic mass is 9.93. The quantitative estimate of drug-likeness (QED) is 0.564. The van der Waals surface area contributed by atoms with Crippen molar-refractivity contribution >= 4 is 28.8 Å². The summed E-state index contributed by atoms with van der Waals surface area (Å²) in [4.78, 5) is 34.3. The van der Waals surface area contributed by atoms with Crippen LogP contribution in [0.3, 0.4) is 0 Å². The number of methoxy groups -OCH3 is 1. The Balaban J connectivity index is 2.06. The molecule has 0 saturated heterocycles. The summed E-state index contributed by atoms with van der Waals surface area (Å²) in [5.74, 6) is 0.340. The smallest absolute Gasteiger partial charge is 0.338 e. The summed E-state index contributed by atoms with van der Waals surface area (Å²) in [5.41, 5.74) is 2.79. The van der Waals surface area contributed by atoms with E-state index >= 15 is 0 Å². The van der Waals surface area contributed by atoms with Gasteiger partial charge in [-0.1, -0.05) is 23.9 Å². The maximum atomic E-state index is 13.0. The van der Waals surface area contributed by atoms with E-state index in [1.807, 2.05) is 55.3 Å². The second kappa shape index (κ2) is 10.0. The third-order valence-corrected chi connectivity index (χ3v) is 6.24. The molecule has 0 aliphatic carbocycles. The summed E-state index contributed by atoms with van der Waals surface area (Å²) in [5, 5.41) is 2.70. The van der Waals surface area contributed by atoms with E-state index in [-0.39, 0.29) is 18.9 Å². The van der Waals surface area contributed by atoms with E-state index in [4.69, 9.17) is 9.47 Å². The molecule has 0 aromatic heterocycles. The van der Waals surface area contributed by atoms with Gasteiger partial charge in [-0.3, -0.25) is 4.79 Å². The molecule has 0 saturated carbocycles. The molecule has 31 heavy (non-hydrogen) atoms. The number of benzene rings is 1. The van der Waals surface area contributed by atoms with Crippen molar-refractivity contribution in [3.05, 3.63) is 52.2 Å². The maximum Gasteiger partial charge on any atom is 0.338 e. The van der Waals surface area contributed by atoms with Crippen LogP contribution in [0.4, 0.5) is 0 Å². The maximum absolute atomic E-state index is 13.0. The van der Waals surface area contributed by atoms with Gasteiger partial charge in [0, 0.05) is 18.8 Å². The number of hydrogen-bond donors (Lipinski definition) is 0. The summed E-state index contributed by atoms with van der Waals surface area (Å²) in [7, 11) is 1.61. The summed E-state index contributed by atoms with van der Waals surface area (Å²) in [6, 6.07) is 7.17. The van der Waals surface area contributed by atoms with Crippen molar-refractivity contribution in [1.82, 2.24) is 9.80 Å². The first kappa shape index (κ1) is 22.9. The van der Waals surface area contributed by atoms with Gasteiger partial charge in [-0.2, -0.15) is 0 Å².